The zero-order valence-electron chi connectivity index (χ0n) is 16.9. The van der Waals surface area contributed by atoms with Crippen LogP contribution in [-0.2, 0) is 22.7 Å². The van der Waals surface area contributed by atoms with Crippen molar-refractivity contribution < 1.29 is 30.9 Å². The van der Waals surface area contributed by atoms with Gasteiger partial charge in [-0.05, 0) is 37.3 Å². The molecule has 0 spiro atoms. The number of fused-ring (bicyclic) bond motifs is 1. The van der Waals surface area contributed by atoms with Crippen molar-refractivity contribution in [1.29, 1.82) is 0 Å². The Morgan fingerprint density at radius 2 is 1.88 bits per heavy atom. The number of nitrogens with zero attached hydrogens (tertiary/aromatic N) is 3. The van der Waals surface area contributed by atoms with Crippen molar-refractivity contribution in [2.45, 2.75) is 68.6 Å². The molecular formula is C20H21F3N4O4S. The SMILES string of the molecule is O=C1c2cc(-c3noc(C(F)(F)F)n3)ccc2CN1[C@@H]1CCCC[C@H]1NS(=O)(=O)C1CC1. The highest BCUT2D eigenvalue weighted by molar-refractivity contribution is 7.90. The highest BCUT2D eigenvalue weighted by Crippen LogP contribution is 2.35. The van der Waals surface area contributed by atoms with Crippen LogP contribution in [0.4, 0.5) is 13.2 Å². The fraction of sp³-hybridized carbons (Fsp3) is 0.550. The van der Waals surface area contributed by atoms with Gasteiger partial charge in [-0.2, -0.15) is 18.2 Å². The van der Waals surface area contributed by atoms with Crippen LogP contribution in [0.2, 0.25) is 0 Å². The molecular weight excluding hydrogens is 449 g/mol. The number of sulfonamides is 1. The Kier molecular flexibility index (Phi) is 5.04. The summed E-state index contributed by atoms with van der Waals surface area (Å²) in [6.45, 7) is 0.320. The van der Waals surface area contributed by atoms with Crippen LogP contribution >= 0.6 is 0 Å². The minimum atomic E-state index is -4.75. The van der Waals surface area contributed by atoms with Crippen molar-refractivity contribution in [3.8, 4) is 11.4 Å². The summed E-state index contributed by atoms with van der Waals surface area (Å²) in [5.41, 5.74) is 1.33. The van der Waals surface area contributed by atoms with Crippen LogP contribution in [0.25, 0.3) is 11.4 Å². The van der Waals surface area contributed by atoms with E-state index in [1.807, 2.05) is 0 Å². The Morgan fingerprint density at radius 1 is 1.12 bits per heavy atom. The van der Waals surface area contributed by atoms with Gasteiger partial charge in [0.1, 0.15) is 0 Å². The predicted octanol–water partition coefficient (Wildman–Crippen LogP) is 3.10. The van der Waals surface area contributed by atoms with E-state index in [2.05, 4.69) is 19.4 Å². The number of carbonyl (C=O) groups is 1. The van der Waals surface area contributed by atoms with Gasteiger partial charge >= 0.3 is 12.1 Å². The van der Waals surface area contributed by atoms with Crippen molar-refractivity contribution in [2.75, 3.05) is 0 Å². The molecule has 2 saturated carbocycles. The van der Waals surface area contributed by atoms with Gasteiger partial charge in [-0.1, -0.05) is 30.1 Å². The van der Waals surface area contributed by atoms with Gasteiger partial charge in [0.2, 0.25) is 15.8 Å². The molecule has 5 rings (SSSR count). The molecule has 3 aliphatic rings. The van der Waals surface area contributed by atoms with Crippen molar-refractivity contribution in [3.05, 3.63) is 35.2 Å². The monoisotopic (exact) mass is 470 g/mol. The third kappa shape index (κ3) is 3.90. The molecule has 1 aromatic carbocycles. The topological polar surface area (TPSA) is 105 Å². The van der Waals surface area contributed by atoms with Crippen LogP contribution in [0.1, 0.15) is 60.3 Å². The van der Waals surface area contributed by atoms with Crippen LogP contribution in [0, 0.1) is 0 Å². The predicted molar refractivity (Wildman–Crippen MR) is 106 cm³/mol. The maximum atomic E-state index is 13.2. The second-order valence-corrected chi connectivity index (χ2v) is 10.5. The zero-order valence-corrected chi connectivity index (χ0v) is 17.7. The summed E-state index contributed by atoms with van der Waals surface area (Å²) in [7, 11) is -3.39. The Balaban J connectivity index is 1.38. The Bertz CT molecular complexity index is 1160. The van der Waals surface area contributed by atoms with E-state index in [-0.39, 0.29) is 34.6 Å². The normalized spacial score (nSPS) is 24.1. The quantitative estimate of drug-likeness (QED) is 0.720. The molecule has 12 heteroatoms. The number of hydrogen-bond donors (Lipinski definition) is 1. The van der Waals surface area contributed by atoms with Crippen molar-refractivity contribution in [2.24, 2.45) is 0 Å². The highest BCUT2D eigenvalue weighted by Gasteiger charge is 2.43. The Morgan fingerprint density at radius 3 is 2.56 bits per heavy atom. The van der Waals surface area contributed by atoms with Crippen LogP contribution in [0.5, 0.6) is 0 Å². The first kappa shape index (κ1) is 21.4. The standard InChI is InChI=1S/C20H21F3N4O4S/c21-20(22,23)19-24-17(25-31-19)11-5-6-12-10-27(18(28)14(12)9-11)16-4-2-1-3-15(16)26-32(29,30)13-7-8-13/h5-6,9,13,15-16,26H,1-4,7-8,10H2/t15-,16-/m1/s1. The molecule has 1 aliphatic heterocycles. The molecule has 32 heavy (non-hydrogen) atoms. The summed E-state index contributed by atoms with van der Waals surface area (Å²) in [6.07, 6.45) is -0.313. The number of carbonyl (C=O) groups excluding carboxylic acids is 1. The van der Waals surface area contributed by atoms with Crippen molar-refractivity contribution in [3.63, 3.8) is 0 Å². The second-order valence-electron chi connectivity index (χ2n) is 8.55. The summed E-state index contributed by atoms with van der Waals surface area (Å²) in [5.74, 6) is -1.98. The largest absolute Gasteiger partial charge is 0.471 e. The number of aromatic nitrogens is 2. The minimum absolute atomic E-state index is 0.243. The lowest BCUT2D eigenvalue weighted by atomic mass is 9.90. The number of halogens is 3. The van der Waals surface area contributed by atoms with Crippen LogP contribution in [0.15, 0.2) is 22.7 Å². The van der Waals surface area contributed by atoms with Gasteiger partial charge in [0.15, 0.2) is 0 Å². The molecule has 0 saturated heterocycles. The molecule has 1 N–H and O–H groups in total. The van der Waals surface area contributed by atoms with Crippen molar-refractivity contribution in [1.82, 2.24) is 19.8 Å². The van der Waals surface area contributed by atoms with Gasteiger partial charge in [-0.3, -0.25) is 4.79 Å². The van der Waals surface area contributed by atoms with E-state index in [1.54, 1.807) is 17.0 Å². The maximum absolute atomic E-state index is 13.2. The lowest BCUT2D eigenvalue weighted by Crippen LogP contribution is -2.53. The fourth-order valence-electron chi connectivity index (χ4n) is 4.49. The first-order valence-corrected chi connectivity index (χ1v) is 12.0. The van der Waals surface area contributed by atoms with Gasteiger partial charge in [-0.25, -0.2) is 13.1 Å². The molecule has 2 heterocycles. The van der Waals surface area contributed by atoms with E-state index < -0.39 is 22.1 Å². The van der Waals surface area contributed by atoms with E-state index in [4.69, 9.17) is 0 Å². The van der Waals surface area contributed by atoms with Gasteiger partial charge < -0.3 is 9.42 Å². The van der Waals surface area contributed by atoms with Crippen LogP contribution in [-0.4, -0.2) is 46.7 Å². The molecule has 0 unspecified atom stereocenters. The number of nitrogens with one attached hydrogen (secondary N) is 1. The molecule has 1 amide bonds. The molecule has 2 atom stereocenters. The van der Waals surface area contributed by atoms with Gasteiger partial charge in [0.25, 0.3) is 5.91 Å². The van der Waals surface area contributed by atoms with Crippen LogP contribution < -0.4 is 4.72 Å². The molecule has 172 valence electrons. The molecule has 8 nitrogen and oxygen atoms in total. The lowest BCUT2D eigenvalue weighted by Gasteiger charge is -2.38. The number of alkyl halides is 3. The maximum Gasteiger partial charge on any atom is 0.471 e. The zero-order chi connectivity index (χ0) is 22.7. The highest BCUT2D eigenvalue weighted by atomic mass is 32.2. The third-order valence-electron chi connectivity index (χ3n) is 6.28. The van der Waals surface area contributed by atoms with E-state index in [0.717, 1.165) is 18.4 Å². The number of rotatable bonds is 5. The van der Waals surface area contributed by atoms with Gasteiger partial charge in [0, 0.05) is 29.8 Å². The number of benzene rings is 1. The van der Waals surface area contributed by atoms with Crippen molar-refractivity contribution >= 4 is 15.9 Å². The number of hydrogen-bond acceptors (Lipinski definition) is 6. The Hall–Kier alpha value is -2.47. The summed E-state index contributed by atoms with van der Waals surface area (Å²) in [6, 6.07) is 4.06. The molecule has 0 bridgehead atoms. The van der Waals surface area contributed by atoms with Crippen LogP contribution in [0.3, 0.4) is 0 Å². The fourth-order valence-corrected chi connectivity index (χ4v) is 6.14. The first-order valence-electron chi connectivity index (χ1n) is 10.5. The lowest BCUT2D eigenvalue weighted by molar-refractivity contribution is -0.159. The molecule has 2 fully saturated rings. The summed E-state index contributed by atoms with van der Waals surface area (Å²) >= 11 is 0. The molecule has 2 aromatic rings. The van der Waals surface area contributed by atoms with E-state index in [9.17, 15) is 26.4 Å². The smallest absolute Gasteiger partial charge is 0.330 e. The summed E-state index contributed by atoms with van der Waals surface area (Å²) < 4.78 is 70.3. The minimum Gasteiger partial charge on any atom is -0.330 e. The third-order valence-corrected chi connectivity index (χ3v) is 8.26. The van der Waals surface area contributed by atoms with E-state index >= 15 is 0 Å². The van der Waals surface area contributed by atoms with E-state index in [1.165, 1.54) is 6.07 Å². The second kappa shape index (κ2) is 7.55. The average molecular weight is 470 g/mol. The summed E-state index contributed by atoms with van der Waals surface area (Å²) in [5, 5.41) is 3.04. The van der Waals surface area contributed by atoms with Gasteiger partial charge in [0.05, 0.1) is 5.25 Å². The Labute approximate surface area is 182 Å². The number of amides is 1. The van der Waals surface area contributed by atoms with E-state index in [0.29, 0.717) is 37.8 Å². The molecule has 2 aliphatic carbocycles. The molecule has 1 aromatic heterocycles. The summed E-state index contributed by atoms with van der Waals surface area (Å²) in [4.78, 5) is 18.3. The van der Waals surface area contributed by atoms with Gasteiger partial charge in [-0.15, -0.1) is 0 Å². The molecule has 0 radical (unpaired) electrons. The average Bonchev–Trinajstić information content (AvgIpc) is 3.40. The first-order chi connectivity index (χ1) is 15.1.